The van der Waals surface area contributed by atoms with Crippen LogP contribution >= 0.6 is 0 Å². The zero-order chi connectivity index (χ0) is 17.3. The standard InChI is InChI=1S/C17H17N3O4/c1-9-14(10(2)19-17(18-9)23-4)20-16(21)13-8-11-6-5-7-12(22-3)15(11)24-13/h5-8H,1-4H3,(H,20,21). The number of aryl methyl sites for hydroxylation is 2. The lowest BCUT2D eigenvalue weighted by atomic mass is 10.2. The van der Waals surface area contributed by atoms with Gasteiger partial charge in [0.1, 0.15) is 0 Å². The highest BCUT2D eigenvalue weighted by molar-refractivity contribution is 6.05. The van der Waals surface area contributed by atoms with Gasteiger partial charge in [0.2, 0.25) is 0 Å². The number of anilines is 1. The van der Waals surface area contributed by atoms with Crippen LogP contribution in [-0.2, 0) is 0 Å². The van der Waals surface area contributed by atoms with Crippen LogP contribution in [0.15, 0.2) is 28.7 Å². The zero-order valence-electron chi connectivity index (χ0n) is 13.8. The molecule has 0 fully saturated rings. The van der Waals surface area contributed by atoms with Crippen molar-refractivity contribution in [3.63, 3.8) is 0 Å². The van der Waals surface area contributed by atoms with Crippen LogP contribution in [0, 0.1) is 13.8 Å². The van der Waals surface area contributed by atoms with Crippen LogP contribution < -0.4 is 14.8 Å². The molecule has 0 aliphatic carbocycles. The summed E-state index contributed by atoms with van der Waals surface area (Å²) in [7, 11) is 3.05. The van der Waals surface area contributed by atoms with E-state index in [1.807, 2.05) is 12.1 Å². The Kier molecular flexibility index (Phi) is 4.07. The fourth-order valence-corrected chi connectivity index (χ4v) is 2.44. The number of benzene rings is 1. The number of ether oxygens (including phenoxy) is 2. The fourth-order valence-electron chi connectivity index (χ4n) is 2.44. The Morgan fingerprint density at radius 1 is 1.12 bits per heavy atom. The number of carbonyl (C=O) groups excluding carboxylic acids is 1. The second-order valence-corrected chi connectivity index (χ2v) is 5.20. The van der Waals surface area contributed by atoms with Gasteiger partial charge >= 0.3 is 6.01 Å². The van der Waals surface area contributed by atoms with Gasteiger partial charge in [0.05, 0.1) is 31.3 Å². The summed E-state index contributed by atoms with van der Waals surface area (Å²) in [5.41, 5.74) is 2.29. The molecule has 7 heteroatoms. The largest absolute Gasteiger partial charge is 0.493 e. The first-order valence-electron chi connectivity index (χ1n) is 7.30. The number of methoxy groups -OCH3 is 2. The minimum atomic E-state index is -0.381. The van der Waals surface area contributed by atoms with Gasteiger partial charge in [-0.25, -0.2) is 0 Å². The first kappa shape index (κ1) is 15.8. The van der Waals surface area contributed by atoms with Gasteiger partial charge in [0, 0.05) is 5.39 Å². The molecule has 0 atom stereocenters. The average molecular weight is 327 g/mol. The first-order chi connectivity index (χ1) is 11.5. The molecule has 3 aromatic rings. The Morgan fingerprint density at radius 3 is 2.46 bits per heavy atom. The maximum atomic E-state index is 12.5. The van der Waals surface area contributed by atoms with Gasteiger partial charge in [-0.1, -0.05) is 12.1 Å². The summed E-state index contributed by atoms with van der Waals surface area (Å²) < 4.78 is 15.9. The highest BCUT2D eigenvalue weighted by Gasteiger charge is 2.18. The van der Waals surface area contributed by atoms with E-state index in [1.165, 1.54) is 7.11 Å². The lowest BCUT2D eigenvalue weighted by Crippen LogP contribution is -2.14. The minimum Gasteiger partial charge on any atom is -0.493 e. The Balaban J connectivity index is 1.93. The molecule has 7 nitrogen and oxygen atoms in total. The van der Waals surface area contributed by atoms with Crippen molar-refractivity contribution < 1.29 is 18.7 Å². The van der Waals surface area contributed by atoms with Crippen LogP contribution in [0.1, 0.15) is 21.9 Å². The van der Waals surface area contributed by atoms with E-state index in [-0.39, 0.29) is 17.7 Å². The van der Waals surface area contributed by atoms with E-state index in [0.717, 1.165) is 5.39 Å². The smallest absolute Gasteiger partial charge is 0.316 e. The Morgan fingerprint density at radius 2 is 1.83 bits per heavy atom. The van der Waals surface area contributed by atoms with Crippen molar-refractivity contribution in [1.82, 2.24) is 9.97 Å². The molecule has 24 heavy (non-hydrogen) atoms. The Labute approximate surface area is 138 Å². The topological polar surface area (TPSA) is 86.5 Å². The van der Waals surface area contributed by atoms with Gasteiger partial charge < -0.3 is 19.2 Å². The summed E-state index contributed by atoms with van der Waals surface area (Å²) in [6.45, 7) is 3.54. The number of nitrogens with zero attached hydrogens (tertiary/aromatic N) is 2. The van der Waals surface area contributed by atoms with Crippen LogP contribution in [0.3, 0.4) is 0 Å². The summed E-state index contributed by atoms with van der Waals surface area (Å²) in [5.74, 6) is 0.379. The Bertz CT molecular complexity index is 894. The van der Waals surface area contributed by atoms with E-state index >= 15 is 0 Å². The van der Waals surface area contributed by atoms with Gasteiger partial charge in [0.15, 0.2) is 17.1 Å². The molecule has 3 rings (SSSR count). The van der Waals surface area contributed by atoms with Crippen molar-refractivity contribution in [3.05, 3.63) is 41.4 Å². The number of furan rings is 1. The third-order valence-corrected chi connectivity index (χ3v) is 3.62. The molecule has 124 valence electrons. The lowest BCUT2D eigenvalue weighted by molar-refractivity contribution is 0.0998. The van der Waals surface area contributed by atoms with Gasteiger partial charge in [-0.15, -0.1) is 0 Å². The quantitative estimate of drug-likeness (QED) is 0.792. The summed E-state index contributed by atoms with van der Waals surface area (Å²) in [4.78, 5) is 20.9. The predicted molar refractivity (Wildman–Crippen MR) is 88.8 cm³/mol. The number of hydrogen-bond acceptors (Lipinski definition) is 6. The normalized spacial score (nSPS) is 10.7. The molecule has 0 radical (unpaired) electrons. The van der Waals surface area contributed by atoms with Crippen LogP contribution in [0.4, 0.5) is 5.69 Å². The average Bonchev–Trinajstić information content (AvgIpc) is 3.01. The second-order valence-electron chi connectivity index (χ2n) is 5.20. The molecule has 1 aromatic carbocycles. The maximum absolute atomic E-state index is 12.5. The molecule has 0 spiro atoms. The number of fused-ring (bicyclic) bond motifs is 1. The lowest BCUT2D eigenvalue weighted by Gasteiger charge is -2.10. The predicted octanol–water partition coefficient (Wildman–Crippen LogP) is 3.11. The van der Waals surface area contributed by atoms with Gasteiger partial charge in [-0.05, 0) is 26.0 Å². The molecule has 0 aliphatic rings. The molecular weight excluding hydrogens is 310 g/mol. The molecule has 0 aliphatic heterocycles. The SMILES string of the molecule is COc1nc(C)c(NC(=O)c2cc3cccc(OC)c3o2)c(C)n1. The monoisotopic (exact) mass is 327 g/mol. The molecule has 0 saturated carbocycles. The molecule has 0 saturated heterocycles. The van der Waals surface area contributed by atoms with Crippen molar-refractivity contribution in [3.8, 4) is 11.8 Å². The van der Waals surface area contributed by atoms with Crippen LogP contribution in [-0.4, -0.2) is 30.1 Å². The van der Waals surface area contributed by atoms with E-state index in [0.29, 0.717) is 28.4 Å². The van der Waals surface area contributed by atoms with Crippen LogP contribution in [0.2, 0.25) is 0 Å². The number of amides is 1. The molecular formula is C17H17N3O4. The molecule has 1 N–H and O–H groups in total. The second kappa shape index (κ2) is 6.19. The van der Waals surface area contributed by atoms with Crippen LogP contribution in [0.5, 0.6) is 11.8 Å². The third-order valence-electron chi connectivity index (χ3n) is 3.62. The number of aromatic nitrogens is 2. The van der Waals surface area contributed by atoms with Gasteiger partial charge in [-0.2, -0.15) is 9.97 Å². The van der Waals surface area contributed by atoms with Crippen molar-refractivity contribution in [1.29, 1.82) is 0 Å². The van der Waals surface area contributed by atoms with E-state index in [1.54, 1.807) is 33.1 Å². The van der Waals surface area contributed by atoms with Gasteiger partial charge in [-0.3, -0.25) is 4.79 Å². The molecule has 0 unspecified atom stereocenters. The number of carbonyl (C=O) groups is 1. The van der Waals surface area contributed by atoms with E-state index < -0.39 is 0 Å². The van der Waals surface area contributed by atoms with Gasteiger partial charge in [0.25, 0.3) is 5.91 Å². The number of para-hydroxylation sites is 1. The third kappa shape index (κ3) is 2.76. The summed E-state index contributed by atoms with van der Waals surface area (Å²) >= 11 is 0. The van der Waals surface area contributed by atoms with Crippen molar-refractivity contribution >= 4 is 22.6 Å². The van der Waals surface area contributed by atoms with E-state index in [9.17, 15) is 4.79 Å². The summed E-state index contributed by atoms with van der Waals surface area (Å²) in [5, 5.41) is 3.58. The van der Waals surface area contributed by atoms with E-state index in [2.05, 4.69) is 15.3 Å². The fraction of sp³-hybridized carbons (Fsp3) is 0.235. The Hall–Kier alpha value is -3.09. The van der Waals surface area contributed by atoms with Crippen molar-refractivity contribution in [2.75, 3.05) is 19.5 Å². The molecule has 2 aromatic heterocycles. The van der Waals surface area contributed by atoms with Crippen LogP contribution in [0.25, 0.3) is 11.0 Å². The number of hydrogen-bond donors (Lipinski definition) is 1. The van der Waals surface area contributed by atoms with Crippen molar-refractivity contribution in [2.45, 2.75) is 13.8 Å². The molecule has 1 amide bonds. The summed E-state index contributed by atoms with van der Waals surface area (Å²) in [6.07, 6.45) is 0. The molecule has 0 bridgehead atoms. The number of nitrogens with one attached hydrogen (secondary N) is 1. The van der Waals surface area contributed by atoms with Crippen molar-refractivity contribution in [2.24, 2.45) is 0 Å². The first-order valence-corrected chi connectivity index (χ1v) is 7.30. The molecule has 2 heterocycles. The zero-order valence-corrected chi connectivity index (χ0v) is 13.8. The van der Waals surface area contributed by atoms with E-state index in [4.69, 9.17) is 13.9 Å². The highest BCUT2D eigenvalue weighted by Crippen LogP contribution is 2.29. The maximum Gasteiger partial charge on any atom is 0.316 e. The highest BCUT2D eigenvalue weighted by atomic mass is 16.5. The summed E-state index contributed by atoms with van der Waals surface area (Å²) in [6, 6.07) is 7.40. The minimum absolute atomic E-state index is 0.184. The number of rotatable bonds is 4.